The van der Waals surface area contributed by atoms with Gasteiger partial charge in [-0.25, -0.2) is 17.8 Å². The summed E-state index contributed by atoms with van der Waals surface area (Å²) < 4.78 is 49.1. The summed E-state index contributed by atoms with van der Waals surface area (Å²) in [6, 6.07) is 7.14. The molecule has 0 unspecified atom stereocenters. The molecule has 4 rings (SSSR count). The summed E-state index contributed by atoms with van der Waals surface area (Å²) in [5, 5.41) is 14.0. The minimum absolute atomic E-state index is 0.0783. The smallest absolute Gasteiger partial charge is 0.243 e. The average Bonchev–Trinajstić information content (AvgIpc) is 3.03. The number of sulfonamides is 1. The maximum absolute atomic E-state index is 14.0. The quantitative estimate of drug-likeness (QED) is 0.566. The highest BCUT2D eigenvalue weighted by Crippen LogP contribution is 2.37. The molecule has 11 heteroatoms. The molecule has 2 aromatic heterocycles. The van der Waals surface area contributed by atoms with Gasteiger partial charge in [-0.1, -0.05) is 0 Å². The Labute approximate surface area is 178 Å². The van der Waals surface area contributed by atoms with Crippen LogP contribution in [0.25, 0.3) is 11.1 Å². The Morgan fingerprint density at radius 2 is 2.06 bits per heavy atom. The largest absolute Gasteiger partial charge is 0.482 e. The van der Waals surface area contributed by atoms with Crippen molar-refractivity contribution in [2.75, 3.05) is 12.8 Å². The van der Waals surface area contributed by atoms with Crippen molar-refractivity contribution in [3.05, 3.63) is 53.2 Å². The Morgan fingerprint density at radius 1 is 1.32 bits per heavy atom. The van der Waals surface area contributed by atoms with E-state index >= 15 is 0 Å². The van der Waals surface area contributed by atoms with Crippen LogP contribution in [0.15, 0.2) is 35.4 Å². The molecule has 31 heavy (non-hydrogen) atoms. The van der Waals surface area contributed by atoms with Crippen molar-refractivity contribution >= 4 is 15.8 Å². The maximum Gasteiger partial charge on any atom is 0.243 e. The van der Waals surface area contributed by atoms with Crippen LogP contribution in [0.5, 0.6) is 5.75 Å². The van der Waals surface area contributed by atoms with E-state index in [1.807, 2.05) is 0 Å². The minimum Gasteiger partial charge on any atom is -0.482 e. The van der Waals surface area contributed by atoms with Gasteiger partial charge in [-0.05, 0) is 31.2 Å². The molecular formula is C20H19FN6O3S. The van der Waals surface area contributed by atoms with E-state index in [9.17, 15) is 18.1 Å². The number of rotatable bonds is 0. The molecule has 1 aliphatic heterocycles. The van der Waals surface area contributed by atoms with Gasteiger partial charge in [0.15, 0.2) is 11.6 Å². The van der Waals surface area contributed by atoms with Crippen molar-refractivity contribution in [3.8, 4) is 22.9 Å². The van der Waals surface area contributed by atoms with Gasteiger partial charge in [0.05, 0.1) is 17.1 Å². The van der Waals surface area contributed by atoms with Crippen molar-refractivity contribution in [1.29, 1.82) is 5.26 Å². The number of anilines is 1. The fourth-order valence-electron chi connectivity index (χ4n) is 3.60. The van der Waals surface area contributed by atoms with Crippen molar-refractivity contribution in [1.82, 2.24) is 19.1 Å². The average molecular weight is 442 g/mol. The van der Waals surface area contributed by atoms with Crippen LogP contribution in [0, 0.1) is 17.1 Å². The molecule has 160 valence electrons. The van der Waals surface area contributed by atoms with Crippen LogP contribution in [0.3, 0.4) is 0 Å². The molecule has 1 aliphatic rings. The number of fused-ring (bicyclic) bond motifs is 5. The Morgan fingerprint density at radius 3 is 2.77 bits per heavy atom. The molecule has 0 saturated carbocycles. The maximum atomic E-state index is 14.0. The van der Waals surface area contributed by atoms with Crippen molar-refractivity contribution in [2.45, 2.75) is 24.5 Å². The number of aryl methyl sites for hydroxylation is 1. The normalized spacial score (nSPS) is 18.0. The number of ether oxygens (including phenoxy) is 1. The fraction of sp³-hybridized carbons (Fsp3) is 0.250. The number of hydrogen-bond acceptors (Lipinski definition) is 7. The summed E-state index contributed by atoms with van der Waals surface area (Å²) in [6.07, 6.45) is 0.624. The van der Waals surface area contributed by atoms with E-state index in [0.717, 1.165) is 16.4 Å². The van der Waals surface area contributed by atoms with Crippen LogP contribution in [0.4, 0.5) is 10.2 Å². The number of nitrogens with two attached hydrogens (primary N) is 1. The van der Waals surface area contributed by atoms with Crippen LogP contribution in [-0.2, 0) is 23.6 Å². The summed E-state index contributed by atoms with van der Waals surface area (Å²) in [5.74, 6) is -0.329. The lowest BCUT2D eigenvalue weighted by molar-refractivity contribution is 0.223. The van der Waals surface area contributed by atoms with Gasteiger partial charge in [-0.15, -0.1) is 0 Å². The van der Waals surface area contributed by atoms with Crippen LogP contribution in [-0.4, -0.2) is 34.5 Å². The van der Waals surface area contributed by atoms with E-state index in [4.69, 9.17) is 10.5 Å². The number of nitrogens with zero attached hydrogens (tertiary/aromatic N) is 5. The number of halogens is 1. The van der Waals surface area contributed by atoms with Gasteiger partial charge in [0, 0.05) is 37.0 Å². The Hall–Kier alpha value is -3.49. The lowest BCUT2D eigenvalue weighted by Crippen LogP contribution is -2.28. The second-order valence-electron chi connectivity index (χ2n) is 7.22. The lowest BCUT2D eigenvalue weighted by atomic mass is 10.0. The minimum atomic E-state index is -4.03. The van der Waals surface area contributed by atoms with Crippen molar-refractivity contribution in [3.63, 3.8) is 0 Å². The van der Waals surface area contributed by atoms with Crippen LogP contribution >= 0.6 is 0 Å². The molecule has 0 radical (unpaired) electrons. The highest BCUT2D eigenvalue weighted by atomic mass is 32.2. The van der Waals surface area contributed by atoms with Gasteiger partial charge in [0.2, 0.25) is 10.0 Å². The molecule has 1 aromatic carbocycles. The van der Waals surface area contributed by atoms with Gasteiger partial charge >= 0.3 is 0 Å². The summed E-state index contributed by atoms with van der Waals surface area (Å²) in [7, 11) is -1.04. The second kappa shape index (κ2) is 7.33. The van der Waals surface area contributed by atoms with E-state index in [-0.39, 0.29) is 34.3 Å². The SMILES string of the molecule is C[C@H]1Oc2cc(cnc2N)-c2c(nn(C)c2C#N)CN(C)S(=O)(=O)c2ccc(F)cc21. The third-order valence-electron chi connectivity index (χ3n) is 5.17. The first-order valence-electron chi connectivity index (χ1n) is 9.27. The number of nitriles is 1. The van der Waals surface area contributed by atoms with E-state index in [1.54, 1.807) is 20.0 Å². The predicted octanol–water partition coefficient (Wildman–Crippen LogP) is 2.35. The predicted molar refractivity (Wildman–Crippen MR) is 110 cm³/mol. The van der Waals surface area contributed by atoms with E-state index in [1.165, 1.54) is 24.0 Å². The van der Waals surface area contributed by atoms with Gasteiger partial charge < -0.3 is 10.5 Å². The highest BCUT2D eigenvalue weighted by Gasteiger charge is 2.31. The Bertz CT molecular complexity index is 1350. The molecule has 3 aromatic rings. The molecule has 0 saturated heterocycles. The zero-order chi connectivity index (χ0) is 22.5. The first-order chi connectivity index (χ1) is 14.6. The third-order valence-corrected chi connectivity index (χ3v) is 7.05. The van der Waals surface area contributed by atoms with Gasteiger partial charge in [0.1, 0.15) is 23.7 Å². The Kier molecular flexibility index (Phi) is 4.91. The first kappa shape index (κ1) is 20.8. The molecule has 0 aliphatic carbocycles. The number of benzene rings is 1. The van der Waals surface area contributed by atoms with Crippen molar-refractivity contribution < 1.29 is 17.5 Å². The molecule has 0 amide bonds. The molecular weight excluding hydrogens is 423 g/mol. The third kappa shape index (κ3) is 3.39. The summed E-state index contributed by atoms with van der Waals surface area (Å²) in [5.41, 5.74) is 7.67. The summed E-state index contributed by atoms with van der Waals surface area (Å²) >= 11 is 0. The first-order valence-corrected chi connectivity index (χ1v) is 10.7. The monoisotopic (exact) mass is 442 g/mol. The van der Waals surface area contributed by atoms with Crippen LogP contribution in [0.1, 0.15) is 30.0 Å². The fourth-order valence-corrected chi connectivity index (χ4v) is 4.99. The van der Waals surface area contributed by atoms with E-state index < -0.39 is 21.9 Å². The molecule has 2 N–H and O–H groups in total. The van der Waals surface area contributed by atoms with E-state index in [2.05, 4.69) is 16.2 Å². The van der Waals surface area contributed by atoms with Gasteiger partial charge in [0.25, 0.3) is 0 Å². The van der Waals surface area contributed by atoms with Crippen LogP contribution in [0.2, 0.25) is 0 Å². The zero-order valence-electron chi connectivity index (χ0n) is 17.0. The topological polar surface area (TPSA) is 127 Å². The van der Waals surface area contributed by atoms with Crippen molar-refractivity contribution in [2.24, 2.45) is 7.05 Å². The second-order valence-corrected chi connectivity index (χ2v) is 9.23. The molecule has 3 heterocycles. The lowest BCUT2D eigenvalue weighted by Gasteiger charge is -2.24. The number of aromatic nitrogens is 3. The summed E-state index contributed by atoms with van der Waals surface area (Å²) in [4.78, 5) is 4.08. The highest BCUT2D eigenvalue weighted by molar-refractivity contribution is 7.89. The standard InChI is InChI=1S/C20H19FN6O3S/c1-11-14-7-13(21)4-5-18(14)31(28,29)26(2)10-15-19(16(8-22)27(3)25-15)12-6-17(30-11)20(23)24-9-12/h4-7,9,11H,10H2,1-3H3,(H2,23,24)/t11-/m1/s1. The molecule has 2 bridgehead atoms. The number of nitrogen functional groups attached to an aromatic ring is 1. The van der Waals surface area contributed by atoms with E-state index in [0.29, 0.717) is 16.8 Å². The summed E-state index contributed by atoms with van der Waals surface area (Å²) in [6.45, 7) is 1.49. The molecule has 9 nitrogen and oxygen atoms in total. The van der Waals surface area contributed by atoms with Gasteiger partial charge in [-0.2, -0.15) is 14.7 Å². The Balaban J connectivity index is 2.03. The number of pyridine rings is 1. The molecule has 0 fully saturated rings. The molecule has 1 atom stereocenters. The number of hydrogen-bond donors (Lipinski definition) is 1. The molecule has 0 spiro atoms. The van der Waals surface area contributed by atoms with Gasteiger partial charge in [-0.3, -0.25) is 4.68 Å². The zero-order valence-corrected chi connectivity index (χ0v) is 17.8. The van der Waals surface area contributed by atoms with Crippen LogP contribution < -0.4 is 10.5 Å².